The summed E-state index contributed by atoms with van der Waals surface area (Å²) < 4.78 is 1.27. The molecule has 3 rings (SSSR count). The lowest BCUT2D eigenvalue weighted by atomic mass is 10.2. The van der Waals surface area contributed by atoms with Crippen LogP contribution in [0.4, 0.5) is 0 Å². The summed E-state index contributed by atoms with van der Waals surface area (Å²) in [6.45, 7) is 0. The SMILES string of the molecule is O=c1[nH]c(-c2ccccc2)nn1-c1ccccc1Cl. The summed E-state index contributed by atoms with van der Waals surface area (Å²) in [4.78, 5) is 14.7. The van der Waals surface area contributed by atoms with Gasteiger partial charge in [0.25, 0.3) is 0 Å². The summed E-state index contributed by atoms with van der Waals surface area (Å²) >= 11 is 6.07. The Hall–Kier alpha value is -2.33. The molecular weight excluding hydrogens is 262 g/mol. The predicted molar refractivity (Wildman–Crippen MR) is 74.6 cm³/mol. The average Bonchev–Trinajstić information content (AvgIpc) is 2.82. The highest BCUT2D eigenvalue weighted by Crippen LogP contribution is 2.19. The van der Waals surface area contributed by atoms with Crippen molar-refractivity contribution in [2.75, 3.05) is 0 Å². The Morgan fingerprint density at radius 3 is 2.42 bits per heavy atom. The molecule has 5 heteroatoms. The number of halogens is 1. The third-order valence-corrected chi connectivity index (χ3v) is 3.07. The van der Waals surface area contributed by atoms with Crippen molar-refractivity contribution in [3.05, 3.63) is 70.1 Å². The van der Waals surface area contributed by atoms with E-state index >= 15 is 0 Å². The van der Waals surface area contributed by atoms with Gasteiger partial charge in [-0.3, -0.25) is 4.98 Å². The van der Waals surface area contributed by atoms with Crippen LogP contribution in [0.15, 0.2) is 59.4 Å². The molecule has 2 aromatic carbocycles. The predicted octanol–water partition coefficient (Wildman–Crippen LogP) is 2.88. The minimum absolute atomic E-state index is 0.313. The highest BCUT2D eigenvalue weighted by Gasteiger charge is 2.10. The van der Waals surface area contributed by atoms with Crippen molar-refractivity contribution in [3.63, 3.8) is 0 Å². The third kappa shape index (κ3) is 2.18. The summed E-state index contributed by atoms with van der Waals surface area (Å²) in [5, 5.41) is 4.76. The number of nitrogens with one attached hydrogen (secondary N) is 1. The topological polar surface area (TPSA) is 50.7 Å². The molecule has 0 fully saturated rings. The van der Waals surface area contributed by atoms with E-state index in [2.05, 4.69) is 10.1 Å². The lowest BCUT2D eigenvalue weighted by Crippen LogP contribution is -2.16. The minimum Gasteiger partial charge on any atom is -0.288 e. The second-order valence-electron chi connectivity index (χ2n) is 4.01. The largest absolute Gasteiger partial charge is 0.348 e. The fourth-order valence-electron chi connectivity index (χ4n) is 1.84. The molecule has 4 nitrogen and oxygen atoms in total. The van der Waals surface area contributed by atoms with Crippen molar-refractivity contribution in [2.45, 2.75) is 0 Å². The second-order valence-corrected chi connectivity index (χ2v) is 4.42. The van der Waals surface area contributed by atoms with E-state index in [4.69, 9.17) is 11.6 Å². The van der Waals surface area contributed by atoms with Crippen molar-refractivity contribution in [1.29, 1.82) is 0 Å². The average molecular weight is 272 g/mol. The fourth-order valence-corrected chi connectivity index (χ4v) is 2.05. The number of rotatable bonds is 2. The maximum absolute atomic E-state index is 12.0. The van der Waals surface area contributed by atoms with E-state index in [0.29, 0.717) is 16.5 Å². The van der Waals surface area contributed by atoms with Crippen LogP contribution in [0.5, 0.6) is 0 Å². The molecule has 3 aromatic rings. The van der Waals surface area contributed by atoms with Gasteiger partial charge in [-0.1, -0.05) is 54.1 Å². The van der Waals surface area contributed by atoms with Crippen molar-refractivity contribution in [1.82, 2.24) is 14.8 Å². The van der Waals surface area contributed by atoms with Crippen molar-refractivity contribution in [3.8, 4) is 17.1 Å². The van der Waals surface area contributed by atoms with Gasteiger partial charge < -0.3 is 0 Å². The Morgan fingerprint density at radius 1 is 1.00 bits per heavy atom. The summed E-state index contributed by atoms with van der Waals surface area (Å²) in [6.07, 6.45) is 0. The van der Waals surface area contributed by atoms with Gasteiger partial charge in [0.2, 0.25) is 0 Å². The van der Waals surface area contributed by atoms with Gasteiger partial charge in [-0.25, -0.2) is 4.79 Å². The number of benzene rings is 2. The van der Waals surface area contributed by atoms with Crippen LogP contribution in [0.3, 0.4) is 0 Å². The van der Waals surface area contributed by atoms with E-state index in [1.54, 1.807) is 12.1 Å². The number of para-hydroxylation sites is 1. The number of H-pyrrole nitrogens is 1. The van der Waals surface area contributed by atoms with Crippen LogP contribution in [-0.2, 0) is 0 Å². The van der Waals surface area contributed by atoms with Crippen LogP contribution in [0, 0.1) is 0 Å². The molecule has 1 N–H and O–H groups in total. The maximum Gasteiger partial charge on any atom is 0.348 e. The molecular formula is C14H10ClN3O. The number of hydrogen-bond acceptors (Lipinski definition) is 2. The Morgan fingerprint density at radius 2 is 1.68 bits per heavy atom. The summed E-state index contributed by atoms with van der Waals surface area (Å²) in [5.41, 5.74) is 1.10. The Labute approximate surface area is 114 Å². The molecule has 0 saturated carbocycles. The van der Waals surface area contributed by atoms with Crippen LogP contribution in [0.2, 0.25) is 5.02 Å². The van der Waals surface area contributed by atoms with Gasteiger partial charge in [0, 0.05) is 5.56 Å². The quantitative estimate of drug-likeness (QED) is 0.779. The zero-order valence-electron chi connectivity index (χ0n) is 9.88. The molecule has 0 bridgehead atoms. The first-order valence-corrected chi connectivity index (χ1v) is 6.13. The molecule has 0 saturated heterocycles. The lowest BCUT2D eigenvalue weighted by molar-refractivity contribution is 0.845. The van der Waals surface area contributed by atoms with E-state index in [1.165, 1.54) is 4.68 Å². The van der Waals surface area contributed by atoms with E-state index in [9.17, 15) is 4.79 Å². The van der Waals surface area contributed by atoms with E-state index < -0.39 is 0 Å². The first-order valence-electron chi connectivity index (χ1n) is 5.75. The van der Waals surface area contributed by atoms with Crippen LogP contribution < -0.4 is 5.69 Å². The number of aromatic nitrogens is 3. The number of nitrogens with zero attached hydrogens (tertiary/aromatic N) is 2. The monoisotopic (exact) mass is 271 g/mol. The van der Waals surface area contributed by atoms with Crippen LogP contribution in [0.1, 0.15) is 0 Å². The molecule has 0 aliphatic heterocycles. The Bertz CT molecular complexity index is 762. The molecule has 0 unspecified atom stereocenters. The lowest BCUT2D eigenvalue weighted by Gasteiger charge is -2.01. The highest BCUT2D eigenvalue weighted by molar-refractivity contribution is 6.32. The second kappa shape index (κ2) is 4.74. The molecule has 19 heavy (non-hydrogen) atoms. The molecule has 0 aliphatic carbocycles. The van der Waals surface area contributed by atoms with Gasteiger partial charge in [-0.15, -0.1) is 5.10 Å². The van der Waals surface area contributed by atoms with Crippen molar-refractivity contribution < 1.29 is 0 Å². The van der Waals surface area contributed by atoms with E-state index in [0.717, 1.165) is 5.56 Å². The zero-order chi connectivity index (χ0) is 13.2. The molecule has 0 spiro atoms. The van der Waals surface area contributed by atoms with Crippen molar-refractivity contribution in [2.24, 2.45) is 0 Å². The molecule has 1 heterocycles. The number of hydrogen-bond donors (Lipinski definition) is 1. The molecule has 0 atom stereocenters. The molecule has 1 aromatic heterocycles. The molecule has 0 aliphatic rings. The van der Waals surface area contributed by atoms with Gasteiger partial charge in [0.05, 0.1) is 10.7 Å². The standard InChI is InChI=1S/C14H10ClN3O/c15-11-8-4-5-9-12(11)18-14(19)16-13(17-18)10-6-2-1-3-7-10/h1-9H,(H,16,17,19). The van der Waals surface area contributed by atoms with E-state index in [-0.39, 0.29) is 5.69 Å². The summed E-state index contributed by atoms with van der Waals surface area (Å²) in [7, 11) is 0. The minimum atomic E-state index is -0.313. The smallest absolute Gasteiger partial charge is 0.288 e. The van der Waals surface area contributed by atoms with Gasteiger partial charge in [-0.05, 0) is 12.1 Å². The first-order chi connectivity index (χ1) is 9.25. The van der Waals surface area contributed by atoms with Crippen LogP contribution >= 0.6 is 11.6 Å². The van der Waals surface area contributed by atoms with Gasteiger partial charge in [0.15, 0.2) is 5.82 Å². The van der Waals surface area contributed by atoms with Gasteiger partial charge in [-0.2, -0.15) is 4.68 Å². The van der Waals surface area contributed by atoms with Crippen LogP contribution in [-0.4, -0.2) is 14.8 Å². The van der Waals surface area contributed by atoms with Gasteiger partial charge >= 0.3 is 5.69 Å². The highest BCUT2D eigenvalue weighted by atomic mass is 35.5. The van der Waals surface area contributed by atoms with Crippen molar-refractivity contribution >= 4 is 11.6 Å². The van der Waals surface area contributed by atoms with Crippen LogP contribution in [0.25, 0.3) is 17.1 Å². The van der Waals surface area contributed by atoms with E-state index in [1.807, 2.05) is 42.5 Å². The maximum atomic E-state index is 12.0. The summed E-state index contributed by atoms with van der Waals surface area (Å²) in [6, 6.07) is 16.5. The third-order valence-electron chi connectivity index (χ3n) is 2.75. The normalized spacial score (nSPS) is 10.6. The molecule has 0 radical (unpaired) electrons. The molecule has 94 valence electrons. The first kappa shape index (κ1) is 11.7. The molecule has 0 amide bonds. The Balaban J connectivity index is 2.14. The van der Waals surface area contributed by atoms with Gasteiger partial charge in [0.1, 0.15) is 0 Å². The summed E-state index contributed by atoms with van der Waals surface area (Å²) in [5.74, 6) is 0.519. The zero-order valence-corrected chi connectivity index (χ0v) is 10.6. The fraction of sp³-hybridized carbons (Fsp3) is 0. The Kier molecular flexibility index (Phi) is 2.93. The number of aromatic amines is 1.